The van der Waals surface area contributed by atoms with E-state index in [0.29, 0.717) is 0 Å². The molecule has 11 heteroatoms. The van der Waals surface area contributed by atoms with E-state index in [9.17, 15) is 23.7 Å². The van der Waals surface area contributed by atoms with Crippen molar-refractivity contribution in [2.24, 2.45) is 0 Å². The van der Waals surface area contributed by atoms with Crippen LogP contribution in [0.15, 0.2) is 29.2 Å². The Bertz CT molecular complexity index is 780. The van der Waals surface area contributed by atoms with Crippen LogP contribution in [0, 0.1) is 0 Å². The molecular weight excluding hydrogens is 480 g/mol. The third kappa shape index (κ3) is 13.7. The lowest BCUT2D eigenvalue weighted by molar-refractivity contribution is -0.150. The maximum atomic E-state index is 12.5. The van der Waals surface area contributed by atoms with Gasteiger partial charge in [-0.05, 0) is 51.8 Å². The van der Waals surface area contributed by atoms with Crippen molar-refractivity contribution in [1.82, 2.24) is 0 Å². The average molecular weight is 523 g/mol. The second-order valence-electron chi connectivity index (χ2n) is 8.72. The van der Waals surface area contributed by atoms with Gasteiger partial charge in [0, 0.05) is 0 Å². The summed E-state index contributed by atoms with van der Waals surface area (Å²) in [5.41, 5.74) is 1.02. The SMILES string of the molecule is CCc1ccc(S(=O)(=O)OC(C)COCC(OCC(C)O)C(COCC(C)O)OCC(C)O)cc1. The lowest BCUT2D eigenvalue weighted by atomic mass is 10.2. The first-order valence-corrected chi connectivity index (χ1v) is 13.3. The molecule has 0 saturated heterocycles. The molecule has 6 atom stereocenters. The van der Waals surface area contributed by atoms with E-state index in [2.05, 4.69) is 0 Å². The van der Waals surface area contributed by atoms with Crippen LogP contribution in [0.3, 0.4) is 0 Å². The van der Waals surface area contributed by atoms with Gasteiger partial charge < -0.3 is 34.3 Å². The number of ether oxygens (including phenoxy) is 4. The highest BCUT2D eigenvalue weighted by Gasteiger charge is 2.26. The van der Waals surface area contributed by atoms with Gasteiger partial charge in [-0.2, -0.15) is 8.42 Å². The van der Waals surface area contributed by atoms with Crippen LogP contribution >= 0.6 is 0 Å². The molecule has 0 saturated carbocycles. The van der Waals surface area contributed by atoms with Gasteiger partial charge in [-0.25, -0.2) is 0 Å². The normalized spacial score (nSPS) is 17.5. The molecule has 0 amide bonds. The summed E-state index contributed by atoms with van der Waals surface area (Å²) >= 11 is 0. The van der Waals surface area contributed by atoms with Crippen LogP contribution in [0.1, 0.15) is 40.2 Å². The monoisotopic (exact) mass is 522 g/mol. The Labute approximate surface area is 209 Å². The molecule has 0 spiro atoms. The largest absolute Gasteiger partial charge is 0.391 e. The first-order valence-electron chi connectivity index (χ1n) is 11.9. The average Bonchev–Trinajstić information content (AvgIpc) is 2.77. The molecule has 204 valence electrons. The number of aryl methyl sites for hydroxylation is 1. The van der Waals surface area contributed by atoms with Crippen molar-refractivity contribution >= 4 is 10.1 Å². The molecule has 1 aromatic rings. The summed E-state index contributed by atoms with van der Waals surface area (Å²) in [5.74, 6) is 0. The fourth-order valence-corrected chi connectivity index (χ4v) is 4.02. The van der Waals surface area contributed by atoms with E-state index in [1.807, 2.05) is 6.92 Å². The fraction of sp³-hybridized carbons (Fsp3) is 0.750. The predicted octanol–water partition coefficient (Wildman–Crippen LogP) is 1.29. The van der Waals surface area contributed by atoms with Crippen molar-refractivity contribution in [2.75, 3.05) is 39.6 Å². The summed E-state index contributed by atoms with van der Waals surface area (Å²) in [6.45, 7) is 8.41. The minimum absolute atomic E-state index is 0.00577. The second kappa shape index (κ2) is 16.6. The van der Waals surface area contributed by atoms with Crippen molar-refractivity contribution in [1.29, 1.82) is 0 Å². The van der Waals surface area contributed by atoms with Gasteiger partial charge >= 0.3 is 0 Å². The van der Waals surface area contributed by atoms with Crippen molar-refractivity contribution in [3.8, 4) is 0 Å². The molecule has 0 bridgehead atoms. The Kier molecular flexibility index (Phi) is 15.1. The highest BCUT2D eigenvalue weighted by molar-refractivity contribution is 7.86. The maximum Gasteiger partial charge on any atom is 0.297 e. The van der Waals surface area contributed by atoms with Gasteiger partial charge in [-0.1, -0.05) is 19.1 Å². The van der Waals surface area contributed by atoms with Gasteiger partial charge in [0.2, 0.25) is 0 Å². The molecule has 1 rings (SSSR count). The second-order valence-corrected chi connectivity index (χ2v) is 10.3. The topological polar surface area (TPSA) is 141 Å². The zero-order valence-electron chi connectivity index (χ0n) is 21.3. The fourth-order valence-electron chi connectivity index (χ4n) is 2.95. The summed E-state index contributed by atoms with van der Waals surface area (Å²) in [4.78, 5) is 0.0709. The molecule has 6 unspecified atom stereocenters. The van der Waals surface area contributed by atoms with Crippen molar-refractivity contribution < 1.29 is 46.9 Å². The highest BCUT2D eigenvalue weighted by Crippen LogP contribution is 2.16. The van der Waals surface area contributed by atoms with Crippen LogP contribution in [0.2, 0.25) is 0 Å². The lowest BCUT2D eigenvalue weighted by Gasteiger charge is -2.29. The third-order valence-corrected chi connectivity index (χ3v) is 6.14. The Balaban J connectivity index is 2.73. The number of aliphatic hydroxyl groups is 3. The van der Waals surface area contributed by atoms with E-state index in [-0.39, 0.29) is 44.5 Å². The zero-order valence-corrected chi connectivity index (χ0v) is 22.1. The zero-order chi connectivity index (χ0) is 26.4. The van der Waals surface area contributed by atoms with E-state index in [1.165, 1.54) is 12.1 Å². The minimum atomic E-state index is -3.95. The summed E-state index contributed by atoms with van der Waals surface area (Å²) < 4.78 is 53.0. The highest BCUT2D eigenvalue weighted by atomic mass is 32.2. The van der Waals surface area contributed by atoms with Crippen LogP contribution in [0.4, 0.5) is 0 Å². The summed E-state index contributed by atoms with van der Waals surface area (Å²) in [6, 6.07) is 6.51. The van der Waals surface area contributed by atoms with E-state index < -0.39 is 46.7 Å². The number of aliphatic hydroxyl groups excluding tert-OH is 3. The van der Waals surface area contributed by atoms with Gasteiger partial charge in [0.05, 0.1) is 69.0 Å². The molecule has 0 radical (unpaired) electrons. The van der Waals surface area contributed by atoms with E-state index in [4.69, 9.17) is 23.1 Å². The van der Waals surface area contributed by atoms with E-state index >= 15 is 0 Å². The molecule has 0 aliphatic heterocycles. The predicted molar refractivity (Wildman–Crippen MR) is 130 cm³/mol. The van der Waals surface area contributed by atoms with Crippen LogP contribution in [-0.4, -0.2) is 100 Å². The van der Waals surface area contributed by atoms with Gasteiger partial charge in [0.1, 0.15) is 12.2 Å². The smallest absolute Gasteiger partial charge is 0.297 e. The molecule has 35 heavy (non-hydrogen) atoms. The maximum absolute atomic E-state index is 12.5. The molecule has 3 N–H and O–H groups in total. The molecule has 1 aromatic carbocycles. The van der Waals surface area contributed by atoms with Crippen LogP contribution in [0.5, 0.6) is 0 Å². The van der Waals surface area contributed by atoms with Crippen LogP contribution in [-0.2, 0) is 39.7 Å². The summed E-state index contributed by atoms with van der Waals surface area (Å²) in [5, 5.41) is 28.7. The van der Waals surface area contributed by atoms with E-state index in [1.54, 1.807) is 39.8 Å². The molecular formula is C24H42O10S. The van der Waals surface area contributed by atoms with Crippen LogP contribution < -0.4 is 0 Å². The van der Waals surface area contributed by atoms with Crippen molar-refractivity contribution in [3.05, 3.63) is 29.8 Å². The quantitative estimate of drug-likeness (QED) is 0.228. The number of hydrogen-bond acceptors (Lipinski definition) is 10. The Morgan fingerprint density at radius 3 is 1.60 bits per heavy atom. The molecule has 0 aliphatic carbocycles. The summed E-state index contributed by atoms with van der Waals surface area (Å²) in [6.07, 6.45) is -3.46. The molecule has 0 aromatic heterocycles. The molecule has 0 aliphatic rings. The Hall–Kier alpha value is -1.15. The molecule has 0 heterocycles. The first-order chi connectivity index (χ1) is 16.4. The Morgan fingerprint density at radius 1 is 0.714 bits per heavy atom. The van der Waals surface area contributed by atoms with Gasteiger partial charge in [0.25, 0.3) is 10.1 Å². The minimum Gasteiger partial charge on any atom is -0.391 e. The summed E-state index contributed by atoms with van der Waals surface area (Å²) in [7, 11) is -3.95. The van der Waals surface area contributed by atoms with Crippen molar-refractivity contribution in [3.63, 3.8) is 0 Å². The van der Waals surface area contributed by atoms with Crippen molar-refractivity contribution in [2.45, 2.75) is 82.6 Å². The third-order valence-electron chi connectivity index (χ3n) is 4.70. The van der Waals surface area contributed by atoms with E-state index in [0.717, 1.165) is 12.0 Å². The standard InChI is InChI=1S/C24H42O10S/c1-6-21-7-9-22(10-8-21)35(28,29)34-20(5)14-31-16-24(33-13-19(4)27)23(32-12-18(3)26)15-30-11-17(2)25/h7-10,17-20,23-27H,6,11-16H2,1-5H3. The van der Waals surface area contributed by atoms with Crippen LogP contribution in [0.25, 0.3) is 0 Å². The number of hydrogen-bond donors (Lipinski definition) is 3. The molecule has 10 nitrogen and oxygen atoms in total. The lowest BCUT2D eigenvalue weighted by Crippen LogP contribution is -2.42. The van der Waals surface area contributed by atoms with Gasteiger partial charge in [-0.3, -0.25) is 4.18 Å². The Morgan fingerprint density at radius 2 is 1.17 bits per heavy atom. The first kappa shape index (κ1) is 31.9. The molecule has 0 fully saturated rings. The van der Waals surface area contributed by atoms with Gasteiger partial charge in [0.15, 0.2) is 0 Å². The number of benzene rings is 1. The number of rotatable bonds is 19. The van der Waals surface area contributed by atoms with Gasteiger partial charge in [-0.15, -0.1) is 0 Å².